The molecule has 0 bridgehead atoms. The van der Waals surface area contributed by atoms with Crippen LogP contribution in [-0.4, -0.2) is 57.5 Å². The molecule has 0 radical (unpaired) electrons. The number of rotatable bonds is 9. The van der Waals surface area contributed by atoms with Crippen LogP contribution in [0.5, 0.6) is 0 Å². The number of hydrogen-bond donors (Lipinski definition) is 3. The summed E-state index contributed by atoms with van der Waals surface area (Å²) in [5, 5.41) is 10.3. The van der Waals surface area contributed by atoms with Gasteiger partial charge >= 0.3 is 0 Å². The van der Waals surface area contributed by atoms with Crippen LogP contribution in [0, 0.1) is 0 Å². The van der Waals surface area contributed by atoms with Crippen molar-refractivity contribution >= 4 is 47.4 Å². The second kappa shape index (κ2) is 14.2. The van der Waals surface area contributed by atoms with Gasteiger partial charge in [-0.2, -0.15) is 0 Å². The number of nitrogens with zero attached hydrogens (tertiary/aromatic N) is 2. The van der Waals surface area contributed by atoms with Gasteiger partial charge in [0.25, 0.3) is 5.91 Å². The number of amides is 1. The molecule has 6 nitrogen and oxygen atoms in total. The van der Waals surface area contributed by atoms with Gasteiger partial charge in [0.2, 0.25) is 0 Å². The lowest BCUT2D eigenvalue weighted by Gasteiger charge is -2.13. The molecule has 0 fully saturated rings. The fraction of sp³-hybridized carbons (Fsp3) is 0.364. The third-order valence-corrected chi connectivity index (χ3v) is 4.59. The number of hydrogen-bond acceptors (Lipinski definition) is 3. The maximum Gasteiger partial charge on any atom is 0.251 e. The van der Waals surface area contributed by atoms with E-state index in [4.69, 9.17) is 11.6 Å². The summed E-state index contributed by atoms with van der Waals surface area (Å²) in [7, 11) is 5.70. The number of carbonyl (C=O) groups excluding carboxylic acids is 1. The van der Waals surface area contributed by atoms with Gasteiger partial charge in [-0.1, -0.05) is 35.9 Å². The topological polar surface area (TPSA) is 68.8 Å². The first kappa shape index (κ1) is 26.2. The molecule has 0 unspecified atom stereocenters. The molecular weight excluding hydrogens is 513 g/mol. The van der Waals surface area contributed by atoms with Crippen molar-refractivity contribution in [3.63, 3.8) is 0 Å². The number of aliphatic imine (C=N–C) groups is 1. The van der Waals surface area contributed by atoms with Crippen molar-refractivity contribution in [3.05, 3.63) is 70.2 Å². The molecule has 0 aliphatic heterocycles. The van der Waals surface area contributed by atoms with Crippen LogP contribution in [0.2, 0.25) is 5.02 Å². The zero-order valence-electron chi connectivity index (χ0n) is 17.7. The maximum atomic E-state index is 12.3. The first-order valence-electron chi connectivity index (χ1n) is 9.69. The largest absolute Gasteiger partial charge is 0.356 e. The summed E-state index contributed by atoms with van der Waals surface area (Å²) in [6, 6.07) is 15.5. The Balaban J connectivity index is 0.00000450. The summed E-state index contributed by atoms with van der Waals surface area (Å²) in [6.45, 7) is 2.78. The molecule has 0 saturated carbocycles. The molecule has 0 aromatic heterocycles. The summed E-state index contributed by atoms with van der Waals surface area (Å²) < 4.78 is 0. The van der Waals surface area contributed by atoms with Gasteiger partial charge in [-0.3, -0.25) is 9.79 Å². The highest BCUT2D eigenvalue weighted by atomic mass is 127. The Morgan fingerprint density at radius 1 is 1.00 bits per heavy atom. The van der Waals surface area contributed by atoms with E-state index in [0.29, 0.717) is 18.7 Å². The summed E-state index contributed by atoms with van der Waals surface area (Å²) in [5.74, 6) is 0.666. The normalized spacial score (nSPS) is 11.0. The Hall–Kier alpha value is -1.84. The summed E-state index contributed by atoms with van der Waals surface area (Å²) in [4.78, 5) is 18.6. The van der Waals surface area contributed by atoms with Gasteiger partial charge in [0.05, 0.1) is 0 Å². The molecule has 30 heavy (non-hydrogen) atoms. The number of nitrogens with one attached hydrogen (secondary N) is 3. The monoisotopic (exact) mass is 543 g/mol. The predicted molar refractivity (Wildman–Crippen MR) is 136 cm³/mol. The maximum absolute atomic E-state index is 12.3. The smallest absolute Gasteiger partial charge is 0.251 e. The van der Waals surface area contributed by atoms with Crippen molar-refractivity contribution in [3.8, 4) is 0 Å². The fourth-order valence-electron chi connectivity index (χ4n) is 2.70. The van der Waals surface area contributed by atoms with Crippen LogP contribution in [-0.2, 0) is 13.0 Å². The first-order chi connectivity index (χ1) is 14.0. The van der Waals surface area contributed by atoms with Gasteiger partial charge in [-0.15, -0.1) is 24.0 Å². The molecule has 2 aromatic carbocycles. The molecule has 8 heteroatoms. The van der Waals surface area contributed by atoms with Crippen molar-refractivity contribution in [2.45, 2.75) is 13.0 Å². The Morgan fingerprint density at radius 2 is 1.73 bits per heavy atom. The molecule has 0 saturated heterocycles. The molecule has 3 N–H and O–H groups in total. The summed E-state index contributed by atoms with van der Waals surface area (Å²) >= 11 is 5.91. The molecule has 2 rings (SSSR count). The van der Waals surface area contributed by atoms with E-state index in [1.54, 1.807) is 7.05 Å². The van der Waals surface area contributed by atoms with E-state index >= 15 is 0 Å². The van der Waals surface area contributed by atoms with E-state index in [0.717, 1.165) is 36.1 Å². The van der Waals surface area contributed by atoms with Crippen molar-refractivity contribution in [1.82, 2.24) is 20.9 Å². The molecule has 164 valence electrons. The zero-order chi connectivity index (χ0) is 21.1. The van der Waals surface area contributed by atoms with Crippen LogP contribution in [0.15, 0.2) is 53.5 Å². The van der Waals surface area contributed by atoms with E-state index in [-0.39, 0.29) is 29.9 Å². The Kier molecular flexibility index (Phi) is 12.4. The summed E-state index contributed by atoms with van der Waals surface area (Å²) in [6.07, 6.45) is 0.875. The number of halogens is 2. The predicted octanol–water partition coefficient (Wildman–Crippen LogP) is 3.16. The lowest BCUT2D eigenvalue weighted by atomic mass is 10.1. The highest BCUT2D eigenvalue weighted by molar-refractivity contribution is 14.0. The van der Waals surface area contributed by atoms with E-state index in [2.05, 4.69) is 20.9 Å². The number of benzene rings is 2. The van der Waals surface area contributed by atoms with E-state index in [9.17, 15) is 4.79 Å². The van der Waals surface area contributed by atoms with Crippen LogP contribution >= 0.6 is 35.6 Å². The lowest BCUT2D eigenvalue weighted by molar-refractivity contribution is 0.0951. The quantitative estimate of drug-likeness (QED) is 0.258. The number of carbonyl (C=O) groups is 1. The van der Waals surface area contributed by atoms with Crippen LogP contribution in [0.3, 0.4) is 0 Å². The number of guanidine groups is 1. The SMILES string of the molecule is CN=C(NCCc1ccc(Cl)cc1)NCc1cccc(C(=O)NCCN(C)C)c1.I. The van der Waals surface area contributed by atoms with Gasteiger partial charge in [-0.05, 0) is 55.9 Å². The molecule has 1 amide bonds. The van der Waals surface area contributed by atoms with Crippen molar-refractivity contribution in [2.75, 3.05) is 40.8 Å². The number of likely N-dealkylation sites (N-methyl/N-ethyl adjacent to an activating group) is 1. The minimum absolute atomic E-state index is 0. The third-order valence-electron chi connectivity index (χ3n) is 4.34. The Bertz CT molecular complexity index is 811. The molecule has 0 aliphatic carbocycles. The highest BCUT2D eigenvalue weighted by Crippen LogP contribution is 2.09. The third kappa shape index (κ3) is 9.77. The van der Waals surface area contributed by atoms with E-state index in [1.807, 2.05) is 67.5 Å². The summed E-state index contributed by atoms with van der Waals surface area (Å²) in [5.41, 5.74) is 2.89. The average Bonchev–Trinajstić information content (AvgIpc) is 2.71. The molecular formula is C22H31ClIN5O. The molecule has 0 atom stereocenters. The second-order valence-electron chi connectivity index (χ2n) is 6.99. The van der Waals surface area contributed by atoms with E-state index < -0.39 is 0 Å². The van der Waals surface area contributed by atoms with Gasteiger partial charge in [0.15, 0.2) is 5.96 Å². The van der Waals surface area contributed by atoms with Gasteiger partial charge < -0.3 is 20.9 Å². The Labute approximate surface area is 201 Å². The van der Waals surface area contributed by atoms with Gasteiger partial charge in [0.1, 0.15) is 0 Å². The Morgan fingerprint density at radius 3 is 2.40 bits per heavy atom. The average molecular weight is 544 g/mol. The second-order valence-corrected chi connectivity index (χ2v) is 7.43. The van der Waals surface area contributed by atoms with Crippen molar-refractivity contribution in [1.29, 1.82) is 0 Å². The lowest BCUT2D eigenvalue weighted by Crippen LogP contribution is -2.37. The molecule has 2 aromatic rings. The minimum atomic E-state index is -0.0563. The van der Waals surface area contributed by atoms with Crippen LogP contribution in [0.1, 0.15) is 21.5 Å². The standard InChI is InChI=1S/C22H30ClN5O.HI/c1-24-22(26-12-11-17-7-9-20(23)10-8-17)27-16-18-5-4-6-19(15-18)21(29)25-13-14-28(2)3;/h4-10,15H,11-14,16H2,1-3H3,(H,25,29)(H2,24,26,27);1H. The van der Waals surface area contributed by atoms with E-state index in [1.165, 1.54) is 5.56 Å². The van der Waals surface area contributed by atoms with Crippen molar-refractivity contribution < 1.29 is 4.79 Å². The van der Waals surface area contributed by atoms with Crippen LogP contribution in [0.25, 0.3) is 0 Å². The highest BCUT2D eigenvalue weighted by Gasteiger charge is 2.06. The molecule has 0 aliphatic rings. The van der Waals surface area contributed by atoms with Gasteiger partial charge in [-0.25, -0.2) is 0 Å². The molecule has 0 heterocycles. The zero-order valence-corrected chi connectivity index (χ0v) is 20.8. The minimum Gasteiger partial charge on any atom is -0.356 e. The van der Waals surface area contributed by atoms with Gasteiger partial charge in [0, 0.05) is 43.8 Å². The van der Waals surface area contributed by atoms with Crippen LogP contribution in [0.4, 0.5) is 0 Å². The van der Waals surface area contributed by atoms with Crippen molar-refractivity contribution in [2.24, 2.45) is 4.99 Å². The first-order valence-corrected chi connectivity index (χ1v) is 10.1. The molecule has 0 spiro atoms. The van der Waals surface area contributed by atoms with Crippen LogP contribution < -0.4 is 16.0 Å². The fourth-order valence-corrected chi connectivity index (χ4v) is 2.83.